The highest BCUT2D eigenvalue weighted by Crippen LogP contribution is 2.47. The van der Waals surface area contributed by atoms with Crippen LogP contribution >= 0.6 is 0 Å². The fourth-order valence-corrected chi connectivity index (χ4v) is 7.35. The summed E-state index contributed by atoms with van der Waals surface area (Å²) in [5, 5.41) is 3.83. The fourth-order valence-electron chi connectivity index (χ4n) is 6.53. The monoisotopic (exact) mass is 638 g/mol. The Morgan fingerprint density at radius 2 is 1.98 bits per heavy atom. The first-order valence-electron chi connectivity index (χ1n) is 16.0. The highest BCUT2D eigenvalue weighted by molar-refractivity contribution is 7.78. The Morgan fingerprint density at radius 1 is 1.18 bits per heavy atom. The van der Waals surface area contributed by atoms with Gasteiger partial charge in [0, 0.05) is 31.0 Å². The molecule has 1 aromatic carbocycles. The van der Waals surface area contributed by atoms with Crippen molar-refractivity contribution in [2.75, 3.05) is 20.2 Å². The van der Waals surface area contributed by atoms with E-state index in [0.717, 1.165) is 48.6 Å². The molecule has 45 heavy (non-hydrogen) atoms. The first-order chi connectivity index (χ1) is 21.7. The lowest BCUT2D eigenvalue weighted by Crippen LogP contribution is -2.53. The van der Waals surface area contributed by atoms with Crippen LogP contribution in [0.4, 0.5) is 0 Å². The number of benzene rings is 1. The van der Waals surface area contributed by atoms with Crippen LogP contribution < -0.4 is 19.5 Å². The zero-order valence-electron chi connectivity index (χ0n) is 26.1. The molecule has 0 radical (unpaired) electrons. The van der Waals surface area contributed by atoms with Gasteiger partial charge in [-0.25, -0.2) is 13.9 Å². The number of carbonyl (C=O) groups excluding carboxylic acids is 3. The summed E-state index contributed by atoms with van der Waals surface area (Å²) in [6.45, 7) is 4.91. The van der Waals surface area contributed by atoms with Crippen LogP contribution in [0.2, 0.25) is 0 Å². The number of hydrogen-bond acceptors (Lipinski definition) is 8. The predicted octanol–water partition coefficient (Wildman–Crippen LogP) is 3.66. The number of nitrogens with zero attached hydrogens (tertiary/aromatic N) is 2. The standard InChI is InChI=1S/C33H42N4O7S/c1-4-42-28-18-27(24-12-9-10-20(2)29(24)34-28)43-23-16-25-26(17-23)31(39)37(3)15-8-6-5-7-11-21-19-33(21,35-30(25)38)32(40)36-45(41)44-22-13-14-22/h7,9-12,18,21-23,25-26H,4-6,8,13-17,19H2,1-3H3,(H,35,38)(H,36,40)/b11-7-/t21-,23-,25-,26-,33-,45?/m1/s1. The van der Waals surface area contributed by atoms with E-state index in [4.69, 9.17) is 13.7 Å². The van der Waals surface area contributed by atoms with Crippen LogP contribution in [0.15, 0.2) is 36.4 Å². The van der Waals surface area contributed by atoms with E-state index in [-0.39, 0.29) is 23.8 Å². The molecule has 0 saturated heterocycles. The van der Waals surface area contributed by atoms with E-state index in [1.54, 1.807) is 18.0 Å². The zero-order chi connectivity index (χ0) is 31.7. The third-order valence-electron chi connectivity index (χ3n) is 9.29. The topological polar surface area (TPSA) is 136 Å². The minimum absolute atomic E-state index is 0.107. The largest absolute Gasteiger partial charge is 0.489 e. The van der Waals surface area contributed by atoms with Crippen molar-refractivity contribution in [3.05, 3.63) is 42.0 Å². The summed E-state index contributed by atoms with van der Waals surface area (Å²) >= 11 is -1.99. The van der Waals surface area contributed by atoms with Crippen LogP contribution in [0.3, 0.4) is 0 Å². The van der Waals surface area contributed by atoms with E-state index < -0.39 is 40.7 Å². The second kappa shape index (κ2) is 13.1. The number of allylic oxidation sites excluding steroid dienone is 1. The van der Waals surface area contributed by atoms with Crippen molar-refractivity contribution in [1.29, 1.82) is 0 Å². The molecule has 2 aromatic rings. The number of hydrogen-bond donors (Lipinski definition) is 2. The third-order valence-corrected chi connectivity index (χ3v) is 10.1. The van der Waals surface area contributed by atoms with Crippen LogP contribution in [0.5, 0.6) is 11.6 Å². The molecule has 242 valence electrons. The lowest BCUT2D eigenvalue weighted by Gasteiger charge is -2.26. The van der Waals surface area contributed by atoms with E-state index in [9.17, 15) is 18.6 Å². The number of amides is 3. The first-order valence-corrected chi connectivity index (χ1v) is 17.1. The lowest BCUT2D eigenvalue weighted by molar-refractivity contribution is -0.140. The first kappa shape index (κ1) is 31.5. The molecule has 3 amide bonds. The van der Waals surface area contributed by atoms with Crippen molar-refractivity contribution in [1.82, 2.24) is 19.9 Å². The average molecular weight is 639 g/mol. The summed E-state index contributed by atoms with van der Waals surface area (Å²) in [7, 11) is 1.78. The van der Waals surface area contributed by atoms with E-state index in [2.05, 4.69) is 15.0 Å². The molecule has 1 aromatic heterocycles. The van der Waals surface area contributed by atoms with Crippen molar-refractivity contribution >= 4 is 39.9 Å². The summed E-state index contributed by atoms with van der Waals surface area (Å²) in [4.78, 5) is 47.7. The van der Waals surface area contributed by atoms with E-state index in [1.807, 2.05) is 44.2 Å². The Hall–Kier alpha value is -3.51. The van der Waals surface area contributed by atoms with Gasteiger partial charge in [0.1, 0.15) is 17.4 Å². The maximum absolute atomic E-state index is 14.1. The number of rotatable bonds is 8. The molecule has 2 heterocycles. The molecule has 11 nitrogen and oxygen atoms in total. The summed E-state index contributed by atoms with van der Waals surface area (Å²) in [6, 6.07) is 7.63. The van der Waals surface area contributed by atoms with Gasteiger partial charge in [0.25, 0.3) is 17.2 Å². The molecule has 6 rings (SSSR count). The SMILES string of the molecule is CCOc1cc(O[C@@H]2C[C@H]3C(=O)N[C@]4(C(=O)NS(=O)OC5CC5)C[C@H]4/C=C\CCCCN(C)C(=O)[C@@H]3C2)c2cccc(C)c2n1. The molecule has 4 aliphatic rings. The van der Waals surface area contributed by atoms with Gasteiger partial charge in [0.15, 0.2) is 0 Å². The van der Waals surface area contributed by atoms with Crippen LogP contribution in [-0.2, 0) is 29.8 Å². The molecule has 12 heteroatoms. The Labute approximate surface area is 266 Å². The highest BCUT2D eigenvalue weighted by Gasteiger charge is 2.61. The molecular weight excluding hydrogens is 596 g/mol. The average Bonchev–Trinajstić information content (AvgIpc) is 3.91. The van der Waals surface area contributed by atoms with Gasteiger partial charge in [-0.15, -0.1) is 0 Å². The summed E-state index contributed by atoms with van der Waals surface area (Å²) in [5.74, 6) is -1.56. The molecule has 0 spiro atoms. The molecule has 1 unspecified atom stereocenters. The number of carbonyl (C=O) groups is 3. The van der Waals surface area contributed by atoms with E-state index in [0.29, 0.717) is 44.0 Å². The Balaban J connectivity index is 1.27. The number of para-hydroxylation sites is 1. The van der Waals surface area contributed by atoms with Crippen molar-refractivity contribution in [2.24, 2.45) is 17.8 Å². The summed E-state index contributed by atoms with van der Waals surface area (Å²) < 4.78 is 32.6. The Morgan fingerprint density at radius 3 is 2.76 bits per heavy atom. The Kier molecular flexibility index (Phi) is 9.15. The van der Waals surface area contributed by atoms with Gasteiger partial charge in [-0.3, -0.25) is 18.6 Å². The van der Waals surface area contributed by atoms with Gasteiger partial charge >= 0.3 is 0 Å². The molecular formula is C33H42N4O7S. The van der Waals surface area contributed by atoms with Crippen LogP contribution in [0, 0.1) is 24.7 Å². The number of pyridine rings is 1. The second-order valence-electron chi connectivity index (χ2n) is 12.7. The quantitative estimate of drug-likeness (QED) is 0.419. The number of aromatic nitrogens is 1. The minimum Gasteiger partial charge on any atom is -0.489 e. The lowest BCUT2D eigenvalue weighted by atomic mass is 9.93. The van der Waals surface area contributed by atoms with Crippen molar-refractivity contribution in [2.45, 2.75) is 83.0 Å². The van der Waals surface area contributed by atoms with Gasteiger partial charge in [0.2, 0.25) is 17.7 Å². The number of aryl methyl sites for hydroxylation is 1. The van der Waals surface area contributed by atoms with Crippen LogP contribution in [-0.4, -0.2) is 69.8 Å². The van der Waals surface area contributed by atoms with Crippen molar-refractivity contribution in [3.8, 4) is 11.6 Å². The van der Waals surface area contributed by atoms with Gasteiger partial charge in [0.05, 0.1) is 30.1 Å². The Bertz CT molecular complexity index is 1530. The number of ether oxygens (including phenoxy) is 2. The fraction of sp³-hybridized carbons (Fsp3) is 0.576. The van der Waals surface area contributed by atoms with Crippen molar-refractivity contribution < 1.29 is 32.2 Å². The third kappa shape index (κ3) is 6.86. The summed E-state index contributed by atoms with van der Waals surface area (Å²) in [5.41, 5.74) is 0.506. The molecule has 3 aliphatic carbocycles. The van der Waals surface area contributed by atoms with Gasteiger partial charge in [-0.2, -0.15) is 0 Å². The molecule has 6 atom stereocenters. The van der Waals surface area contributed by atoms with E-state index in [1.165, 1.54) is 0 Å². The number of nitrogens with one attached hydrogen (secondary N) is 2. The normalized spacial score (nSPS) is 30.0. The summed E-state index contributed by atoms with van der Waals surface area (Å²) in [6.07, 6.45) is 8.62. The maximum Gasteiger partial charge on any atom is 0.264 e. The van der Waals surface area contributed by atoms with Gasteiger partial charge < -0.3 is 19.7 Å². The molecule has 3 saturated carbocycles. The van der Waals surface area contributed by atoms with Crippen LogP contribution in [0.1, 0.15) is 63.9 Å². The van der Waals surface area contributed by atoms with Gasteiger partial charge in [-0.1, -0.05) is 24.3 Å². The maximum atomic E-state index is 14.1. The second-order valence-corrected chi connectivity index (χ2v) is 13.6. The zero-order valence-corrected chi connectivity index (χ0v) is 26.9. The molecule has 2 N–H and O–H groups in total. The molecule has 1 aliphatic heterocycles. The van der Waals surface area contributed by atoms with Crippen molar-refractivity contribution in [3.63, 3.8) is 0 Å². The van der Waals surface area contributed by atoms with Gasteiger partial charge in [-0.05, 0) is 76.8 Å². The smallest absolute Gasteiger partial charge is 0.264 e. The molecule has 3 fully saturated rings. The van der Waals surface area contributed by atoms with E-state index >= 15 is 0 Å². The predicted molar refractivity (Wildman–Crippen MR) is 168 cm³/mol. The van der Waals surface area contributed by atoms with Crippen LogP contribution in [0.25, 0.3) is 10.9 Å². The minimum atomic E-state index is -1.99. The molecule has 0 bridgehead atoms. The highest BCUT2D eigenvalue weighted by atomic mass is 32.2. The number of fused-ring (bicyclic) bond motifs is 3.